The quantitative estimate of drug-likeness (QED) is 0.504. The van der Waals surface area contributed by atoms with Gasteiger partial charge in [0.2, 0.25) is 0 Å². The summed E-state index contributed by atoms with van der Waals surface area (Å²) in [5.41, 5.74) is 0.947. The largest absolute Gasteiger partial charge is 0.408 e. The third-order valence-corrected chi connectivity index (χ3v) is 2.92. The number of hydrogen-bond donors (Lipinski definition) is 3. The van der Waals surface area contributed by atoms with Gasteiger partial charge in [0.15, 0.2) is 0 Å². The summed E-state index contributed by atoms with van der Waals surface area (Å²) in [6.07, 6.45) is -1.49. The Morgan fingerprint density at radius 3 is 2.63 bits per heavy atom. The Bertz CT molecular complexity index is 430. The first-order valence-electron chi connectivity index (χ1n) is 5.95. The predicted molar refractivity (Wildman–Crippen MR) is 63.5 cm³/mol. The Kier molecular flexibility index (Phi) is 4.16. The number of esters is 1. The lowest BCUT2D eigenvalue weighted by Crippen LogP contribution is -2.30. The fraction of sp³-hybridized carbons (Fsp3) is 0.462. The van der Waals surface area contributed by atoms with Crippen LogP contribution in [0.2, 0.25) is 0 Å². The van der Waals surface area contributed by atoms with Crippen molar-refractivity contribution in [1.82, 2.24) is 0 Å². The Morgan fingerprint density at radius 2 is 2.05 bits per heavy atom. The molecule has 0 aromatic heterocycles. The van der Waals surface area contributed by atoms with E-state index < -0.39 is 24.0 Å². The molecule has 1 fully saturated rings. The van der Waals surface area contributed by atoms with E-state index >= 15 is 0 Å². The van der Waals surface area contributed by atoms with Crippen molar-refractivity contribution in [3.63, 3.8) is 0 Å². The third-order valence-electron chi connectivity index (χ3n) is 2.92. The van der Waals surface area contributed by atoms with Crippen LogP contribution < -0.4 is 0 Å². The molecule has 0 spiro atoms. The maximum absolute atomic E-state index is 11.3. The van der Waals surface area contributed by atoms with Crippen LogP contribution in [-0.2, 0) is 20.9 Å². The zero-order valence-electron chi connectivity index (χ0n) is 10.2. The van der Waals surface area contributed by atoms with E-state index in [0.29, 0.717) is 6.61 Å². The van der Waals surface area contributed by atoms with Gasteiger partial charge in [0.05, 0.1) is 31.7 Å². The number of aliphatic hydroxyl groups excluding tert-OH is 1. The monoisotopic (exact) mass is 268 g/mol. The number of carbonyl (C=O) groups is 1. The average molecular weight is 268 g/mol. The van der Waals surface area contributed by atoms with Crippen LogP contribution in [0.25, 0.3) is 0 Å². The second kappa shape index (κ2) is 5.66. The molecule has 0 saturated carbocycles. The molecule has 1 aliphatic rings. The van der Waals surface area contributed by atoms with E-state index in [1.54, 1.807) is 0 Å². The second-order valence-electron chi connectivity index (χ2n) is 4.54. The van der Waals surface area contributed by atoms with E-state index in [-0.39, 0.29) is 13.0 Å². The zero-order valence-corrected chi connectivity index (χ0v) is 10.2. The zero-order chi connectivity index (χ0) is 13.9. The van der Waals surface area contributed by atoms with Gasteiger partial charge in [0.25, 0.3) is 0 Å². The van der Waals surface area contributed by atoms with Crippen molar-refractivity contribution in [3.05, 3.63) is 35.9 Å². The molecule has 6 nitrogen and oxygen atoms in total. The molecular formula is C13H16O6. The summed E-state index contributed by atoms with van der Waals surface area (Å²) in [6, 6.07) is 9.38. The second-order valence-corrected chi connectivity index (χ2v) is 4.54. The van der Waals surface area contributed by atoms with Crippen LogP contribution in [0.3, 0.4) is 0 Å². The van der Waals surface area contributed by atoms with Gasteiger partial charge < -0.3 is 24.8 Å². The first-order chi connectivity index (χ1) is 8.98. The molecule has 1 aromatic carbocycles. The number of rotatable bonds is 5. The van der Waals surface area contributed by atoms with Gasteiger partial charge in [-0.1, -0.05) is 30.3 Å². The van der Waals surface area contributed by atoms with Gasteiger partial charge in [-0.25, -0.2) is 0 Å². The fourth-order valence-corrected chi connectivity index (χ4v) is 1.93. The van der Waals surface area contributed by atoms with E-state index in [1.165, 1.54) is 0 Å². The van der Waals surface area contributed by atoms with Crippen molar-refractivity contribution >= 4 is 5.97 Å². The van der Waals surface area contributed by atoms with Crippen LogP contribution in [0, 0.1) is 5.92 Å². The van der Waals surface area contributed by atoms with Gasteiger partial charge in [0, 0.05) is 0 Å². The van der Waals surface area contributed by atoms with Crippen molar-refractivity contribution in [2.45, 2.75) is 25.1 Å². The molecule has 104 valence electrons. The lowest BCUT2D eigenvalue weighted by molar-refractivity contribution is -0.302. The van der Waals surface area contributed by atoms with Crippen LogP contribution in [0.1, 0.15) is 12.0 Å². The molecule has 0 amide bonds. The maximum atomic E-state index is 11.3. The lowest BCUT2D eigenvalue weighted by Gasteiger charge is -2.15. The summed E-state index contributed by atoms with van der Waals surface area (Å²) < 4.78 is 9.59. The highest BCUT2D eigenvalue weighted by molar-refractivity contribution is 5.75. The summed E-state index contributed by atoms with van der Waals surface area (Å²) in [5, 5.41) is 28.1. The van der Waals surface area contributed by atoms with Crippen LogP contribution >= 0.6 is 0 Å². The Morgan fingerprint density at radius 1 is 1.37 bits per heavy atom. The van der Waals surface area contributed by atoms with E-state index in [9.17, 15) is 9.90 Å². The Hall–Kier alpha value is -1.47. The highest BCUT2D eigenvalue weighted by Crippen LogP contribution is 2.29. The molecule has 1 aliphatic heterocycles. The molecule has 0 aliphatic carbocycles. The van der Waals surface area contributed by atoms with Crippen molar-refractivity contribution in [1.29, 1.82) is 0 Å². The maximum Gasteiger partial charge on any atom is 0.325 e. The summed E-state index contributed by atoms with van der Waals surface area (Å²) in [5.74, 6) is -4.30. The molecule has 0 bridgehead atoms. The topological polar surface area (TPSA) is 96.2 Å². The van der Waals surface area contributed by atoms with Gasteiger partial charge in [-0.15, -0.1) is 0 Å². The summed E-state index contributed by atoms with van der Waals surface area (Å²) in [6.45, 7) is 0.230. The molecule has 2 unspecified atom stereocenters. The first-order valence-corrected chi connectivity index (χ1v) is 5.95. The molecule has 1 heterocycles. The van der Waals surface area contributed by atoms with Crippen molar-refractivity contribution in [3.8, 4) is 0 Å². The third kappa shape index (κ3) is 3.74. The van der Waals surface area contributed by atoms with E-state index in [2.05, 4.69) is 4.74 Å². The summed E-state index contributed by atoms with van der Waals surface area (Å²) in [7, 11) is 0. The minimum absolute atomic E-state index is 0.0786. The van der Waals surface area contributed by atoms with Crippen molar-refractivity contribution in [2.24, 2.45) is 5.92 Å². The Labute approximate surface area is 110 Å². The number of hydrogen-bond acceptors (Lipinski definition) is 6. The molecule has 2 atom stereocenters. The number of benzene rings is 1. The minimum atomic E-state index is -2.48. The van der Waals surface area contributed by atoms with Crippen LogP contribution in [0.15, 0.2) is 30.3 Å². The lowest BCUT2D eigenvalue weighted by atomic mass is 10.0. The van der Waals surface area contributed by atoms with Gasteiger partial charge >= 0.3 is 11.9 Å². The number of carbonyl (C=O) groups excluding carboxylic acids is 1. The molecule has 6 heteroatoms. The molecule has 1 aromatic rings. The highest BCUT2D eigenvalue weighted by atomic mass is 16.8. The summed E-state index contributed by atoms with van der Waals surface area (Å²) in [4.78, 5) is 11.3. The van der Waals surface area contributed by atoms with Crippen LogP contribution in [0.5, 0.6) is 0 Å². The Balaban J connectivity index is 1.79. The van der Waals surface area contributed by atoms with Crippen LogP contribution in [0.4, 0.5) is 0 Å². The normalized spacial score (nSPS) is 23.1. The first kappa shape index (κ1) is 14.0. The molecule has 19 heavy (non-hydrogen) atoms. The standard InChI is InChI=1S/C13H16O6/c14-11(10-6-13(16,17)19-12(10)15)8-18-7-9-4-2-1-3-5-9/h1-5,10-11,14,16-17H,6-8H2. The van der Waals surface area contributed by atoms with E-state index in [0.717, 1.165) is 5.56 Å². The molecule has 3 N–H and O–H groups in total. The van der Waals surface area contributed by atoms with E-state index in [4.69, 9.17) is 14.9 Å². The number of cyclic esters (lactones) is 1. The number of ether oxygens (including phenoxy) is 2. The molecule has 2 rings (SSSR count). The smallest absolute Gasteiger partial charge is 0.325 e. The van der Waals surface area contributed by atoms with Crippen LogP contribution in [-0.4, -0.2) is 40.0 Å². The molecule has 1 saturated heterocycles. The van der Waals surface area contributed by atoms with Gasteiger partial charge in [-0.05, 0) is 5.56 Å². The molecular weight excluding hydrogens is 252 g/mol. The SMILES string of the molecule is O=C1OC(O)(O)CC1C(O)COCc1ccccc1. The average Bonchev–Trinajstić information content (AvgIpc) is 2.64. The van der Waals surface area contributed by atoms with Crippen molar-refractivity contribution in [2.75, 3.05) is 6.61 Å². The highest BCUT2D eigenvalue weighted by Gasteiger charge is 2.47. The molecule has 0 radical (unpaired) electrons. The summed E-state index contributed by atoms with van der Waals surface area (Å²) >= 11 is 0. The number of aliphatic hydroxyl groups is 3. The van der Waals surface area contributed by atoms with Gasteiger partial charge in [-0.2, -0.15) is 0 Å². The van der Waals surface area contributed by atoms with Crippen molar-refractivity contribution < 1.29 is 29.6 Å². The van der Waals surface area contributed by atoms with E-state index in [1.807, 2.05) is 30.3 Å². The minimum Gasteiger partial charge on any atom is -0.408 e. The fourth-order valence-electron chi connectivity index (χ4n) is 1.93. The predicted octanol–water partition coefficient (Wildman–Crippen LogP) is -0.234. The van der Waals surface area contributed by atoms with Gasteiger partial charge in [0.1, 0.15) is 0 Å². The van der Waals surface area contributed by atoms with Gasteiger partial charge in [-0.3, -0.25) is 4.79 Å².